The van der Waals surface area contributed by atoms with E-state index in [0.717, 1.165) is 17.5 Å². The predicted molar refractivity (Wildman–Crippen MR) is 121 cm³/mol. The average Bonchev–Trinajstić information content (AvgIpc) is 3.49. The van der Waals surface area contributed by atoms with Gasteiger partial charge in [-0.3, -0.25) is 9.59 Å². The molecule has 1 N–H and O–H groups in total. The Morgan fingerprint density at radius 2 is 1.79 bits per heavy atom. The highest BCUT2D eigenvalue weighted by atomic mass is 19.1. The van der Waals surface area contributed by atoms with Gasteiger partial charge < -0.3 is 14.7 Å². The Morgan fingerprint density at radius 3 is 2.52 bits per heavy atom. The number of amides is 1. The van der Waals surface area contributed by atoms with Crippen LogP contribution in [0, 0.1) is 11.7 Å². The molecule has 1 heterocycles. The van der Waals surface area contributed by atoms with Crippen molar-refractivity contribution in [3.8, 4) is 16.9 Å². The molecule has 1 aliphatic heterocycles. The van der Waals surface area contributed by atoms with E-state index in [4.69, 9.17) is 4.74 Å². The van der Waals surface area contributed by atoms with E-state index in [1.807, 2.05) is 30.3 Å². The molecule has 1 aliphatic carbocycles. The van der Waals surface area contributed by atoms with Gasteiger partial charge in [0.15, 0.2) is 0 Å². The molecule has 3 aromatic carbocycles. The minimum Gasteiger partial charge on any atom is -0.496 e. The van der Waals surface area contributed by atoms with E-state index in [9.17, 15) is 19.1 Å². The summed E-state index contributed by atoms with van der Waals surface area (Å²) in [7, 11) is 1.55. The first-order valence-corrected chi connectivity index (χ1v) is 11.0. The van der Waals surface area contributed by atoms with E-state index in [1.165, 1.54) is 11.6 Å². The van der Waals surface area contributed by atoms with Crippen LogP contribution in [0.1, 0.15) is 34.6 Å². The summed E-state index contributed by atoms with van der Waals surface area (Å²) >= 11 is 0. The van der Waals surface area contributed by atoms with Crippen LogP contribution < -0.4 is 4.74 Å². The molecule has 0 radical (unpaired) electrons. The number of carboxylic acid groups (broad SMARTS) is 1. The SMILES string of the molecule is COc1ccc(CC(=O)O)cc1-c1ccc(F)c2c1CN(C(=O)[C@@H]1C[C@H]1c1ccccc1)C2. The van der Waals surface area contributed by atoms with Crippen molar-refractivity contribution in [2.45, 2.75) is 31.8 Å². The first-order valence-electron chi connectivity index (χ1n) is 11.0. The molecule has 6 heteroatoms. The Bertz CT molecular complexity index is 1240. The van der Waals surface area contributed by atoms with Crippen molar-refractivity contribution in [1.29, 1.82) is 0 Å². The zero-order valence-electron chi connectivity index (χ0n) is 18.3. The zero-order chi connectivity index (χ0) is 23.1. The summed E-state index contributed by atoms with van der Waals surface area (Å²) in [6, 6.07) is 18.3. The summed E-state index contributed by atoms with van der Waals surface area (Å²) in [6.45, 7) is 0.564. The monoisotopic (exact) mass is 445 g/mol. The van der Waals surface area contributed by atoms with E-state index in [0.29, 0.717) is 29.0 Å². The molecule has 3 aromatic rings. The van der Waals surface area contributed by atoms with Gasteiger partial charge in [-0.2, -0.15) is 0 Å². The minimum absolute atomic E-state index is 0.0528. The summed E-state index contributed by atoms with van der Waals surface area (Å²) in [5, 5.41) is 9.18. The largest absolute Gasteiger partial charge is 0.496 e. The van der Waals surface area contributed by atoms with Crippen LogP contribution in [0.3, 0.4) is 0 Å². The van der Waals surface area contributed by atoms with Crippen LogP contribution in [0.4, 0.5) is 4.39 Å². The first-order chi connectivity index (χ1) is 16.0. The molecule has 1 amide bonds. The lowest BCUT2D eigenvalue weighted by atomic mass is 9.94. The summed E-state index contributed by atoms with van der Waals surface area (Å²) in [5.41, 5.74) is 4.54. The van der Waals surface area contributed by atoms with E-state index in [2.05, 4.69) is 0 Å². The van der Waals surface area contributed by atoms with Crippen molar-refractivity contribution in [3.05, 3.63) is 88.7 Å². The third-order valence-electron chi connectivity index (χ3n) is 6.63. The number of hydrogen-bond donors (Lipinski definition) is 1. The third-order valence-corrected chi connectivity index (χ3v) is 6.63. The van der Waals surface area contributed by atoms with Gasteiger partial charge >= 0.3 is 5.97 Å². The number of aliphatic carboxylic acids is 1. The molecular formula is C27H24FNO4. The molecule has 0 spiro atoms. The molecule has 0 saturated heterocycles. The van der Waals surface area contributed by atoms with Gasteiger partial charge in [0.2, 0.25) is 5.91 Å². The maximum Gasteiger partial charge on any atom is 0.307 e. The molecule has 1 fully saturated rings. The van der Waals surface area contributed by atoms with Crippen LogP contribution in [-0.4, -0.2) is 29.0 Å². The standard InChI is InChI=1S/C27H24FNO4/c1-33-25-10-7-16(12-26(30)31)11-20(25)18-8-9-24(28)23-15-29(14-22(18)23)27(32)21-13-19(21)17-5-3-2-4-6-17/h2-11,19,21H,12-15H2,1H3,(H,30,31)/t19-,21+/m0/s1. The Morgan fingerprint density at radius 1 is 1.03 bits per heavy atom. The second kappa shape index (κ2) is 8.35. The van der Waals surface area contributed by atoms with E-state index in [-0.39, 0.29) is 36.5 Å². The van der Waals surface area contributed by atoms with E-state index in [1.54, 1.807) is 36.3 Å². The zero-order valence-corrected chi connectivity index (χ0v) is 18.3. The smallest absolute Gasteiger partial charge is 0.307 e. The number of methoxy groups -OCH3 is 1. The third kappa shape index (κ3) is 3.97. The van der Waals surface area contributed by atoms with E-state index >= 15 is 0 Å². The van der Waals surface area contributed by atoms with Crippen molar-refractivity contribution in [1.82, 2.24) is 4.90 Å². The van der Waals surface area contributed by atoms with Crippen molar-refractivity contribution >= 4 is 11.9 Å². The summed E-state index contributed by atoms with van der Waals surface area (Å²) < 4.78 is 20.3. The number of fused-ring (bicyclic) bond motifs is 1. The average molecular weight is 445 g/mol. The van der Waals surface area contributed by atoms with Crippen molar-refractivity contribution in [2.75, 3.05) is 7.11 Å². The molecule has 5 nitrogen and oxygen atoms in total. The van der Waals surface area contributed by atoms with Crippen LogP contribution >= 0.6 is 0 Å². The quantitative estimate of drug-likeness (QED) is 0.593. The minimum atomic E-state index is -0.926. The highest BCUT2D eigenvalue weighted by Crippen LogP contribution is 2.49. The molecule has 33 heavy (non-hydrogen) atoms. The number of nitrogens with zero attached hydrogens (tertiary/aromatic N) is 1. The molecule has 0 unspecified atom stereocenters. The van der Waals surface area contributed by atoms with Gasteiger partial charge in [-0.05, 0) is 52.8 Å². The number of carbonyl (C=O) groups excluding carboxylic acids is 1. The van der Waals surface area contributed by atoms with Gasteiger partial charge in [-0.15, -0.1) is 0 Å². The second-order valence-corrected chi connectivity index (χ2v) is 8.71. The highest BCUT2D eigenvalue weighted by Gasteiger charge is 2.46. The number of halogens is 1. The molecule has 0 bridgehead atoms. The highest BCUT2D eigenvalue weighted by molar-refractivity contribution is 5.85. The predicted octanol–water partition coefficient (Wildman–Crippen LogP) is 4.77. The molecule has 5 rings (SSSR count). The molecule has 168 valence electrons. The second-order valence-electron chi connectivity index (χ2n) is 8.71. The lowest BCUT2D eigenvalue weighted by Crippen LogP contribution is -2.27. The summed E-state index contributed by atoms with van der Waals surface area (Å²) in [5.74, 6) is -0.475. The fourth-order valence-electron chi connectivity index (χ4n) is 4.88. The summed E-state index contributed by atoms with van der Waals surface area (Å²) in [4.78, 5) is 26.2. The van der Waals surface area contributed by atoms with Gasteiger partial charge in [0, 0.05) is 30.1 Å². The lowest BCUT2D eigenvalue weighted by Gasteiger charge is -2.16. The number of rotatable bonds is 6. The van der Waals surface area contributed by atoms with E-state index < -0.39 is 5.97 Å². The number of benzene rings is 3. The van der Waals surface area contributed by atoms with Crippen molar-refractivity contribution in [2.24, 2.45) is 5.92 Å². The van der Waals surface area contributed by atoms with Gasteiger partial charge in [-0.25, -0.2) is 4.39 Å². The van der Waals surface area contributed by atoms with Gasteiger partial charge in [0.25, 0.3) is 0 Å². The maximum atomic E-state index is 14.8. The normalized spacial score (nSPS) is 18.7. The van der Waals surface area contributed by atoms with Crippen LogP contribution in [0.5, 0.6) is 5.75 Å². The maximum absolute atomic E-state index is 14.8. The fraction of sp³-hybridized carbons (Fsp3) is 0.259. The number of hydrogen-bond acceptors (Lipinski definition) is 3. The van der Waals surface area contributed by atoms with Crippen LogP contribution in [0.25, 0.3) is 11.1 Å². The van der Waals surface area contributed by atoms with Crippen LogP contribution in [0.2, 0.25) is 0 Å². The lowest BCUT2D eigenvalue weighted by molar-refractivity contribution is -0.136. The molecule has 2 aliphatic rings. The van der Waals surface area contributed by atoms with Gasteiger partial charge in [0.05, 0.1) is 13.5 Å². The van der Waals surface area contributed by atoms with Gasteiger partial charge in [0.1, 0.15) is 11.6 Å². The van der Waals surface area contributed by atoms with Crippen LogP contribution in [0.15, 0.2) is 60.7 Å². The summed E-state index contributed by atoms with van der Waals surface area (Å²) in [6.07, 6.45) is 0.698. The molecule has 0 aromatic heterocycles. The fourth-order valence-corrected chi connectivity index (χ4v) is 4.88. The number of ether oxygens (including phenoxy) is 1. The Balaban J connectivity index is 1.44. The van der Waals surface area contributed by atoms with Crippen molar-refractivity contribution < 1.29 is 23.8 Å². The number of carboxylic acids is 1. The molecule has 1 saturated carbocycles. The Hall–Kier alpha value is -3.67. The Labute approximate surface area is 191 Å². The first kappa shape index (κ1) is 21.2. The Kier molecular flexibility index (Phi) is 5.36. The van der Waals surface area contributed by atoms with Crippen molar-refractivity contribution in [3.63, 3.8) is 0 Å². The molecule has 2 atom stereocenters. The van der Waals surface area contributed by atoms with Crippen LogP contribution in [-0.2, 0) is 29.1 Å². The van der Waals surface area contributed by atoms with Gasteiger partial charge in [-0.1, -0.05) is 42.5 Å². The molecular weight excluding hydrogens is 421 g/mol. The topological polar surface area (TPSA) is 66.8 Å². The number of carbonyl (C=O) groups is 2.